The van der Waals surface area contributed by atoms with Crippen LogP contribution in [-0.2, 0) is 0 Å². The van der Waals surface area contributed by atoms with Crippen LogP contribution in [0.15, 0.2) is 12.1 Å². The van der Waals surface area contributed by atoms with Crippen molar-refractivity contribution in [2.45, 2.75) is 0 Å². The third-order valence-corrected chi connectivity index (χ3v) is 0.879. The first-order chi connectivity index (χ1) is 4.25. The Morgan fingerprint density at radius 3 is 1.89 bits per heavy atom. The first-order valence-corrected chi connectivity index (χ1v) is 2.17. The molecule has 1 aromatic heterocycles. The van der Waals surface area contributed by atoms with Gasteiger partial charge in [0.25, 0.3) is 0 Å². The molecule has 0 saturated carbocycles. The summed E-state index contributed by atoms with van der Waals surface area (Å²) in [6.45, 7) is 0. The van der Waals surface area contributed by atoms with Crippen molar-refractivity contribution in [3.05, 3.63) is 12.1 Å². The fourth-order valence-electron chi connectivity index (χ4n) is 0.485. The van der Waals surface area contributed by atoms with Gasteiger partial charge < -0.3 is 10.2 Å². The van der Waals surface area contributed by atoms with Crippen LogP contribution in [0.25, 0.3) is 0 Å². The summed E-state index contributed by atoms with van der Waals surface area (Å²) in [5.41, 5.74) is 0. The quantitative estimate of drug-likeness (QED) is 0.364. The molecule has 0 aliphatic rings. The van der Waals surface area contributed by atoms with Gasteiger partial charge in [0.1, 0.15) is 0 Å². The van der Waals surface area contributed by atoms with E-state index in [4.69, 9.17) is 15.5 Å². The van der Waals surface area contributed by atoms with E-state index < -0.39 is 0 Å². The molecule has 0 fully saturated rings. The van der Waals surface area contributed by atoms with E-state index in [0.717, 1.165) is 0 Å². The zero-order chi connectivity index (χ0) is 6.85. The molecule has 5 heteroatoms. The summed E-state index contributed by atoms with van der Waals surface area (Å²) >= 11 is 0. The van der Waals surface area contributed by atoms with E-state index in [1.807, 2.05) is 0 Å². The van der Waals surface area contributed by atoms with Crippen molar-refractivity contribution in [1.29, 1.82) is 0 Å². The Morgan fingerprint density at radius 1 is 1.22 bits per heavy atom. The Morgan fingerprint density at radius 2 is 1.67 bits per heavy atom. The van der Waals surface area contributed by atoms with Gasteiger partial charge in [-0.3, -0.25) is 0 Å². The van der Waals surface area contributed by atoms with Crippen molar-refractivity contribution < 1.29 is 20.5 Å². The molecule has 0 saturated heterocycles. The van der Waals surface area contributed by atoms with Gasteiger partial charge in [0, 0.05) is 12.1 Å². The van der Waals surface area contributed by atoms with E-state index >= 15 is 0 Å². The van der Waals surface area contributed by atoms with E-state index in [9.17, 15) is 0 Å². The number of rotatable bonds is 1. The highest BCUT2D eigenvalue weighted by Gasteiger charge is 2.04. The van der Waals surface area contributed by atoms with Crippen molar-refractivity contribution in [3.63, 3.8) is 0 Å². The largest absolute Gasteiger partial charge is 0.492 e. The smallest absolute Gasteiger partial charge is 0.233 e. The fraction of sp³-hybridized carbons (Fsp3) is 0. The lowest BCUT2D eigenvalue weighted by Crippen LogP contribution is -2.03. The third-order valence-electron chi connectivity index (χ3n) is 0.879. The first-order valence-electron chi connectivity index (χ1n) is 2.17. The molecule has 0 aliphatic carbocycles. The maximum Gasteiger partial charge on any atom is 0.233 e. The van der Waals surface area contributed by atoms with Crippen molar-refractivity contribution in [2.24, 2.45) is 0 Å². The average Bonchev–Trinajstić information content (AvgIpc) is 2.12. The second-order valence-corrected chi connectivity index (χ2v) is 1.43. The molecular formula is C4H5NO4. The molecule has 0 aliphatic heterocycles. The summed E-state index contributed by atoms with van der Waals surface area (Å²) in [4.78, 5) is 3.53. The van der Waals surface area contributed by atoms with Gasteiger partial charge in [0.2, 0.25) is 11.8 Å². The third kappa shape index (κ3) is 0.768. The Bertz CT molecular complexity index is 187. The number of aromatic nitrogens is 1. The Hall–Kier alpha value is -1.36. The number of aromatic hydroxyl groups is 2. The highest BCUT2D eigenvalue weighted by molar-refractivity contribution is 5.21. The molecule has 0 amide bonds. The molecule has 50 valence electrons. The van der Waals surface area contributed by atoms with E-state index in [1.54, 1.807) is 0 Å². The molecule has 5 nitrogen and oxygen atoms in total. The molecule has 3 N–H and O–H groups in total. The van der Waals surface area contributed by atoms with Gasteiger partial charge in [-0.15, -0.1) is 0 Å². The fourth-order valence-corrected chi connectivity index (χ4v) is 0.485. The number of hydrogen-bond acceptors (Lipinski definition) is 4. The van der Waals surface area contributed by atoms with E-state index in [2.05, 4.69) is 4.99 Å². The number of hydrogen-bond donors (Lipinski definition) is 3. The lowest BCUT2D eigenvalue weighted by Gasteiger charge is -1.97. The van der Waals surface area contributed by atoms with E-state index in [1.165, 1.54) is 12.1 Å². The molecule has 1 aromatic rings. The minimum atomic E-state index is -0.366. The summed E-state index contributed by atoms with van der Waals surface area (Å²) in [6, 6.07) is 2.34. The second kappa shape index (κ2) is 1.87. The Balaban J connectivity index is 3.07. The van der Waals surface area contributed by atoms with Crippen LogP contribution in [0.3, 0.4) is 0 Å². The van der Waals surface area contributed by atoms with Gasteiger partial charge >= 0.3 is 0 Å². The van der Waals surface area contributed by atoms with Gasteiger partial charge in [-0.05, 0) is 0 Å². The van der Waals surface area contributed by atoms with Crippen LogP contribution in [0.4, 0.5) is 0 Å². The van der Waals surface area contributed by atoms with Crippen LogP contribution >= 0.6 is 0 Å². The van der Waals surface area contributed by atoms with Crippen LogP contribution in [0.1, 0.15) is 0 Å². The molecule has 9 heavy (non-hydrogen) atoms. The summed E-state index contributed by atoms with van der Waals surface area (Å²) in [5, 5.41) is 25.2. The molecule has 0 spiro atoms. The average molecular weight is 131 g/mol. The number of nitrogens with zero attached hydrogens (tertiary/aromatic N) is 1. The van der Waals surface area contributed by atoms with Crippen molar-refractivity contribution >= 4 is 0 Å². The highest BCUT2D eigenvalue weighted by Crippen LogP contribution is 2.17. The standard InChI is InChI=1S/C4H5NO4/c6-3-1-2-4(7)5(3)9-8/h1-2,6-8H. The van der Waals surface area contributed by atoms with Crippen molar-refractivity contribution in [3.8, 4) is 11.8 Å². The first kappa shape index (κ1) is 5.77. The molecule has 0 aromatic carbocycles. The predicted octanol–water partition coefficient (Wildman–Crippen LogP) is -0.199. The zero-order valence-corrected chi connectivity index (χ0v) is 4.35. The molecule has 1 rings (SSSR count). The van der Waals surface area contributed by atoms with Gasteiger partial charge in [0.15, 0.2) is 0 Å². The SMILES string of the molecule is OOn1c(O)ccc1O. The van der Waals surface area contributed by atoms with Crippen LogP contribution in [0.5, 0.6) is 11.8 Å². The summed E-state index contributed by atoms with van der Waals surface area (Å²) in [5.74, 6) is -0.731. The summed E-state index contributed by atoms with van der Waals surface area (Å²) in [7, 11) is 0. The summed E-state index contributed by atoms with van der Waals surface area (Å²) in [6.07, 6.45) is 0. The lowest BCUT2D eigenvalue weighted by atomic mass is 10.6. The lowest BCUT2D eigenvalue weighted by molar-refractivity contribution is -0.248. The highest BCUT2D eigenvalue weighted by atomic mass is 17.2. The minimum absolute atomic E-state index is 0.366. The van der Waals surface area contributed by atoms with Crippen molar-refractivity contribution in [2.75, 3.05) is 0 Å². The molecule has 0 radical (unpaired) electrons. The van der Waals surface area contributed by atoms with E-state index in [0.29, 0.717) is 4.73 Å². The Kier molecular flexibility index (Phi) is 1.20. The molecule has 0 bridgehead atoms. The Labute approximate surface area is 50.2 Å². The normalized spacial score (nSPS) is 9.44. The molecule has 0 unspecified atom stereocenters. The minimum Gasteiger partial charge on any atom is -0.492 e. The van der Waals surface area contributed by atoms with Crippen LogP contribution in [0, 0.1) is 0 Å². The van der Waals surface area contributed by atoms with Gasteiger partial charge in [0.05, 0.1) is 0 Å². The van der Waals surface area contributed by atoms with Crippen LogP contribution in [0.2, 0.25) is 0 Å². The molecular weight excluding hydrogens is 126 g/mol. The topological polar surface area (TPSA) is 74.9 Å². The van der Waals surface area contributed by atoms with Crippen molar-refractivity contribution in [1.82, 2.24) is 4.73 Å². The predicted molar refractivity (Wildman–Crippen MR) is 27.0 cm³/mol. The monoisotopic (exact) mass is 131 g/mol. The maximum atomic E-state index is 8.65. The van der Waals surface area contributed by atoms with Crippen LogP contribution in [-0.4, -0.2) is 20.2 Å². The van der Waals surface area contributed by atoms with Gasteiger partial charge in [-0.2, -0.15) is 5.26 Å². The van der Waals surface area contributed by atoms with Gasteiger partial charge in [-0.1, -0.05) is 4.73 Å². The zero-order valence-electron chi connectivity index (χ0n) is 4.35. The van der Waals surface area contributed by atoms with E-state index in [-0.39, 0.29) is 11.8 Å². The maximum absolute atomic E-state index is 8.65. The second-order valence-electron chi connectivity index (χ2n) is 1.43. The van der Waals surface area contributed by atoms with Crippen LogP contribution < -0.4 is 4.99 Å². The molecule has 1 heterocycles. The molecule has 0 atom stereocenters. The summed E-state index contributed by atoms with van der Waals surface area (Å²) < 4.78 is 0.458. The van der Waals surface area contributed by atoms with Gasteiger partial charge in [-0.25, -0.2) is 4.99 Å².